The van der Waals surface area contributed by atoms with Gasteiger partial charge in [-0.05, 0) is 30.5 Å². The van der Waals surface area contributed by atoms with Crippen LogP contribution in [-0.2, 0) is 20.9 Å². The lowest BCUT2D eigenvalue weighted by Crippen LogP contribution is -2.41. The zero-order valence-corrected chi connectivity index (χ0v) is 14.2. The molecule has 0 radical (unpaired) electrons. The van der Waals surface area contributed by atoms with Crippen LogP contribution in [0.4, 0.5) is 0 Å². The Balaban J connectivity index is 2.05. The van der Waals surface area contributed by atoms with E-state index >= 15 is 0 Å². The van der Waals surface area contributed by atoms with E-state index in [1.54, 1.807) is 23.1 Å². The second-order valence-electron chi connectivity index (χ2n) is 5.96. The Morgan fingerprint density at radius 3 is 2.79 bits per heavy atom. The number of benzene rings is 1. The Morgan fingerprint density at radius 1 is 1.38 bits per heavy atom. The van der Waals surface area contributed by atoms with Gasteiger partial charge < -0.3 is 15.0 Å². The molecule has 130 valence electrons. The van der Waals surface area contributed by atoms with E-state index in [9.17, 15) is 14.4 Å². The number of likely N-dealkylation sites (tertiary alicyclic amines) is 1. The Morgan fingerprint density at radius 2 is 2.17 bits per heavy atom. The van der Waals surface area contributed by atoms with E-state index in [0.717, 1.165) is 24.9 Å². The fourth-order valence-corrected chi connectivity index (χ4v) is 2.82. The molecular formula is C18H24N2O4. The molecule has 6 heteroatoms. The van der Waals surface area contributed by atoms with Crippen LogP contribution >= 0.6 is 0 Å². The van der Waals surface area contributed by atoms with Crippen molar-refractivity contribution in [1.82, 2.24) is 10.2 Å². The first kappa shape index (κ1) is 18.0. The van der Waals surface area contributed by atoms with E-state index in [2.05, 4.69) is 5.32 Å². The Bertz CT molecular complexity index is 615. The van der Waals surface area contributed by atoms with Gasteiger partial charge in [-0.25, -0.2) is 4.79 Å². The monoisotopic (exact) mass is 332 g/mol. The Labute approximate surface area is 142 Å². The highest BCUT2D eigenvalue weighted by atomic mass is 16.5. The van der Waals surface area contributed by atoms with Crippen LogP contribution in [0.2, 0.25) is 0 Å². The maximum atomic E-state index is 12.4. The van der Waals surface area contributed by atoms with Crippen LogP contribution in [0.5, 0.6) is 0 Å². The molecule has 1 atom stereocenters. The molecule has 1 heterocycles. The van der Waals surface area contributed by atoms with Crippen molar-refractivity contribution in [2.24, 2.45) is 0 Å². The SMILES string of the molecule is CCC[C@H](NC(=O)c1cccc(CN2CCCC2=O)c1)C(=O)OC. The molecule has 1 aliphatic rings. The zero-order chi connectivity index (χ0) is 17.5. The summed E-state index contributed by atoms with van der Waals surface area (Å²) in [5.41, 5.74) is 1.38. The van der Waals surface area contributed by atoms with Gasteiger partial charge in [-0.3, -0.25) is 9.59 Å². The Hall–Kier alpha value is -2.37. The van der Waals surface area contributed by atoms with Gasteiger partial charge in [0, 0.05) is 25.1 Å². The maximum Gasteiger partial charge on any atom is 0.328 e. The zero-order valence-electron chi connectivity index (χ0n) is 14.2. The topological polar surface area (TPSA) is 75.7 Å². The van der Waals surface area contributed by atoms with Crippen LogP contribution in [0.15, 0.2) is 24.3 Å². The van der Waals surface area contributed by atoms with Gasteiger partial charge in [0.05, 0.1) is 7.11 Å². The van der Waals surface area contributed by atoms with E-state index in [0.29, 0.717) is 24.9 Å². The molecule has 2 rings (SSSR count). The summed E-state index contributed by atoms with van der Waals surface area (Å²) in [5, 5.41) is 2.72. The average Bonchev–Trinajstić information content (AvgIpc) is 2.98. The van der Waals surface area contributed by atoms with Gasteiger partial charge >= 0.3 is 5.97 Å². The van der Waals surface area contributed by atoms with E-state index in [-0.39, 0.29) is 11.8 Å². The molecule has 0 bridgehead atoms. The lowest BCUT2D eigenvalue weighted by Gasteiger charge is -2.17. The summed E-state index contributed by atoms with van der Waals surface area (Å²) < 4.78 is 4.73. The smallest absolute Gasteiger partial charge is 0.328 e. The van der Waals surface area contributed by atoms with Gasteiger partial charge in [-0.1, -0.05) is 25.5 Å². The first-order chi connectivity index (χ1) is 11.5. The summed E-state index contributed by atoms with van der Waals surface area (Å²) in [6.07, 6.45) is 2.77. The molecule has 0 saturated carbocycles. The van der Waals surface area contributed by atoms with Crippen molar-refractivity contribution in [3.05, 3.63) is 35.4 Å². The van der Waals surface area contributed by atoms with E-state index in [4.69, 9.17) is 4.74 Å². The number of nitrogens with zero attached hydrogens (tertiary/aromatic N) is 1. The predicted molar refractivity (Wildman–Crippen MR) is 89.3 cm³/mol. The van der Waals surface area contributed by atoms with Crippen molar-refractivity contribution in [3.8, 4) is 0 Å². The van der Waals surface area contributed by atoms with Crippen molar-refractivity contribution in [3.63, 3.8) is 0 Å². The molecule has 1 saturated heterocycles. The van der Waals surface area contributed by atoms with Gasteiger partial charge in [0.25, 0.3) is 5.91 Å². The molecule has 1 aromatic carbocycles. The quantitative estimate of drug-likeness (QED) is 0.774. The summed E-state index contributed by atoms with van der Waals surface area (Å²) in [6.45, 7) is 3.21. The van der Waals surface area contributed by atoms with Crippen LogP contribution in [0.1, 0.15) is 48.5 Å². The number of carbonyl (C=O) groups is 3. The molecule has 24 heavy (non-hydrogen) atoms. The van der Waals surface area contributed by atoms with Crippen molar-refractivity contribution >= 4 is 17.8 Å². The highest BCUT2D eigenvalue weighted by Gasteiger charge is 2.22. The van der Waals surface area contributed by atoms with Gasteiger partial charge in [0.2, 0.25) is 5.91 Å². The van der Waals surface area contributed by atoms with Crippen LogP contribution in [0, 0.1) is 0 Å². The summed E-state index contributed by atoms with van der Waals surface area (Å²) in [4.78, 5) is 37.6. The third-order valence-electron chi connectivity index (χ3n) is 4.10. The summed E-state index contributed by atoms with van der Waals surface area (Å²) >= 11 is 0. The standard InChI is InChI=1S/C18H24N2O4/c1-3-6-15(18(23)24-2)19-17(22)14-8-4-7-13(11-14)12-20-10-5-9-16(20)21/h4,7-8,11,15H,3,5-6,9-10,12H2,1-2H3,(H,19,22)/t15-/m0/s1. The second-order valence-corrected chi connectivity index (χ2v) is 5.96. The highest BCUT2D eigenvalue weighted by Crippen LogP contribution is 2.15. The first-order valence-electron chi connectivity index (χ1n) is 8.30. The number of ether oxygens (including phenoxy) is 1. The molecule has 1 aliphatic heterocycles. The molecule has 1 aromatic rings. The molecule has 0 aromatic heterocycles. The number of hydrogen-bond acceptors (Lipinski definition) is 4. The van der Waals surface area contributed by atoms with E-state index < -0.39 is 12.0 Å². The molecule has 1 fully saturated rings. The number of amides is 2. The fourth-order valence-electron chi connectivity index (χ4n) is 2.82. The maximum absolute atomic E-state index is 12.4. The normalized spacial score (nSPS) is 15.2. The van der Waals surface area contributed by atoms with Crippen molar-refractivity contribution in [1.29, 1.82) is 0 Å². The van der Waals surface area contributed by atoms with Gasteiger partial charge in [0.15, 0.2) is 0 Å². The van der Waals surface area contributed by atoms with Crippen LogP contribution in [-0.4, -0.2) is 42.4 Å². The molecule has 0 spiro atoms. The summed E-state index contributed by atoms with van der Waals surface area (Å²) in [6, 6.07) is 6.51. The molecule has 1 N–H and O–H groups in total. The lowest BCUT2D eigenvalue weighted by molar-refractivity contribution is -0.143. The number of esters is 1. The second kappa shape index (κ2) is 8.47. The molecular weight excluding hydrogens is 308 g/mol. The largest absolute Gasteiger partial charge is 0.467 e. The number of rotatable bonds is 7. The van der Waals surface area contributed by atoms with Crippen LogP contribution in [0.3, 0.4) is 0 Å². The van der Waals surface area contributed by atoms with Crippen molar-refractivity contribution in [2.75, 3.05) is 13.7 Å². The van der Waals surface area contributed by atoms with Crippen LogP contribution < -0.4 is 5.32 Å². The van der Waals surface area contributed by atoms with E-state index in [1.807, 2.05) is 13.0 Å². The first-order valence-corrected chi connectivity index (χ1v) is 8.30. The van der Waals surface area contributed by atoms with Crippen molar-refractivity contribution < 1.29 is 19.1 Å². The molecule has 0 aliphatic carbocycles. The molecule has 6 nitrogen and oxygen atoms in total. The van der Waals surface area contributed by atoms with Gasteiger partial charge in [-0.15, -0.1) is 0 Å². The minimum atomic E-state index is -0.642. The van der Waals surface area contributed by atoms with Gasteiger partial charge in [-0.2, -0.15) is 0 Å². The average molecular weight is 332 g/mol. The predicted octanol–water partition coefficient (Wildman–Crippen LogP) is 1.88. The lowest BCUT2D eigenvalue weighted by atomic mass is 10.1. The minimum absolute atomic E-state index is 0.151. The van der Waals surface area contributed by atoms with Crippen LogP contribution in [0.25, 0.3) is 0 Å². The third-order valence-corrected chi connectivity index (χ3v) is 4.10. The molecule has 0 unspecified atom stereocenters. The number of nitrogens with one attached hydrogen (secondary N) is 1. The van der Waals surface area contributed by atoms with Gasteiger partial charge in [0.1, 0.15) is 6.04 Å². The summed E-state index contributed by atoms with van der Waals surface area (Å²) in [5.74, 6) is -0.601. The minimum Gasteiger partial charge on any atom is -0.467 e. The fraction of sp³-hybridized carbons (Fsp3) is 0.500. The third kappa shape index (κ3) is 4.57. The highest BCUT2D eigenvalue weighted by molar-refractivity contribution is 5.96. The molecule has 2 amide bonds. The number of methoxy groups -OCH3 is 1. The van der Waals surface area contributed by atoms with E-state index in [1.165, 1.54) is 7.11 Å². The van der Waals surface area contributed by atoms with Crippen molar-refractivity contribution in [2.45, 2.75) is 45.2 Å². The number of hydrogen-bond donors (Lipinski definition) is 1. The number of carbonyl (C=O) groups excluding carboxylic acids is 3. The summed E-state index contributed by atoms with van der Waals surface area (Å²) in [7, 11) is 1.31. The Kier molecular flexibility index (Phi) is 6.35.